The van der Waals surface area contributed by atoms with Crippen molar-refractivity contribution in [1.29, 1.82) is 0 Å². The van der Waals surface area contributed by atoms with Gasteiger partial charge in [0, 0.05) is 43.0 Å². The molecule has 7 heteroatoms. The van der Waals surface area contributed by atoms with Crippen molar-refractivity contribution in [3.8, 4) is 0 Å². The average Bonchev–Trinajstić information content (AvgIpc) is 3.00. The molecule has 0 saturated heterocycles. The van der Waals surface area contributed by atoms with Crippen LogP contribution in [-0.4, -0.2) is 33.9 Å². The van der Waals surface area contributed by atoms with Gasteiger partial charge in [0.1, 0.15) is 11.5 Å². The number of amides is 2. The van der Waals surface area contributed by atoms with Crippen LogP contribution >= 0.6 is 11.6 Å². The van der Waals surface area contributed by atoms with Crippen molar-refractivity contribution < 1.29 is 9.18 Å². The largest absolute Gasteiger partial charge is 0.338 e. The van der Waals surface area contributed by atoms with Gasteiger partial charge < -0.3 is 14.6 Å². The Labute approximate surface area is 150 Å². The van der Waals surface area contributed by atoms with Gasteiger partial charge in [-0.1, -0.05) is 23.7 Å². The number of fused-ring (bicyclic) bond motifs is 1. The van der Waals surface area contributed by atoms with E-state index in [-0.39, 0.29) is 12.6 Å². The summed E-state index contributed by atoms with van der Waals surface area (Å²) in [5.41, 5.74) is 2.07. The maximum absolute atomic E-state index is 13.8. The van der Waals surface area contributed by atoms with Crippen molar-refractivity contribution in [3.63, 3.8) is 0 Å². The highest BCUT2D eigenvalue weighted by atomic mass is 35.5. The predicted molar refractivity (Wildman–Crippen MR) is 95.2 cm³/mol. The molecule has 0 aliphatic carbocycles. The fourth-order valence-corrected chi connectivity index (χ4v) is 2.76. The molecule has 0 unspecified atom stereocenters. The number of benzene rings is 1. The normalized spacial score (nSPS) is 10.8. The molecular weight excluding hydrogens is 343 g/mol. The summed E-state index contributed by atoms with van der Waals surface area (Å²) in [5.74, 6) is -0.420. The SMILES string of the molecule is CN(Cc1c(F)cccc1Cl)C(=O)NCCc1cn2ccccc2n1. The molecule has 3 aromatic rings. The zero-order chi connectivity index (χ0) is 17.8. The number of nitrogens with zero attached hydrogens (tertiary/aromatic N) is 3. The van der Waals surface area contributed by atoms with Gasteiger partial charge in [0.2, 0.25) is 0 Å². The maximum Gasteiger partial charge on any atom is 0.317 e. The summed E-state index contributed by atoms with van der Waals surface area (Å²) >= 11 is 5.99. The van der Waals surface area contributed by atoms with Crippen molar-refractivity contribution in [1.82, 2.24) is 19.6 Å². The Morgan fingerprint density at radius 2 is 2.16 bits per heavy atom. The molecule has 130 valence electrons. The molecule has 25 heavy (non-hydrogen) atoms. The van der Waals surface area contributed by atoms with E-state index >= 15 is 0 Å². The third-order valence-electron chi connectivity index (χ3n) is 3.87. The molecule has 0 spiro atoms. The number of urea groups is 1. The van der Waals surface area contributed by atoms with Gasteiger partial charge in [-0.05, 0) is 24.3 Å². The molecule has 0 atom stereocenters. The first-order chi connectivity index (χ1) is 12.0. The standard InChI is InChI=1S/C18H18ClFN4O/c1-23(12-14-15(19)5-4-6-16(14)20)18(25)21-9-8-13-11-24-10-3-2-7-17(24)22-13/h2-7,10-11H,8-9,12H2,1H3,(H,21,25). The Hall–Kier alpha value is -2.60. The second kappa shape index (κ2) is 7.53. The number of hydrogen-bond acceptors (Lipinski definition) is 2. The van der Waals surface area contributed by atoms with E-state index in [0.29, 0.717) is 23.6 Å². The van der Waals surface area contributed by atoms with Crippen LogP contribution < -0.4 is 5.32 Å². The lowest BCUT2D eigenvalue weighted by molar-refractivity contribution is 0.206. The smallest absolute Gasteiger partial charge is 0.317 e. The summed E-state index contributed by atoms with van der Waals surface area (Å²) in [4.78, 5) is 18.0. The molecule has 0 bridgehead atoms. The van der Waals surface area contributed by atoms with Gasteiger partial charge in [-0.3, -0.25) is 0 Å². The van der Waals surface area contributed by atoms with Crippen LogP contribution in [0, 0.1) is 5.82 Å². The number of rotatable bonds is 5. The van der Waals surface area contributed by atoms with E-state index in [4.69, 9.17) is 11.6 Å². The fourth-order valence-electron chi connectivity index (χ4n) is 2.53. The van der Waals surface area contributed by atoms with Crippen LogP contribution in [0.2, 0.25) is 5.02 Å². The minimum atomic E-state index is -0.420. The molecule has 2 aromatic heterocycles. The topological polar surface area (TPSA) is 49.6 Å². The number of aromatic nitrogens is 2. The molecule has 2 heterocycles. The molecule has 0 aliphatic heterocycles. The molecule has 1 aromatic carbocycles. The minimum Gasteiger partial charge on any atom is -0.338 e. The zero-order valence-corrected chi connectivity index (χ0v) is 14.5. The molecular formula is C18H18ClFN4O. The minimum absolute atomic E-state index is 0.103. The van der Waals surface area contributed by atoms with Crippen molar-refractivity contribution in [2.75, 3.05) is 13.6 Å². The van der Waals surface area contributed by atoms with Crippen molar-refractivity contribution >= 4 is 23.3 Å². The van der Waals surface area contributed by atoms with Crippen LogP contribution in [0.5, 0.6) is 0 Å². The molecule has 0 saturated carbocycles. The van der Waals surface area contributed by atoms with Gasteiger partial charge in [0.25, 0.3) is 0 Å². The lowest BCUT2D eigenvalue weighted by atomic mass is 10.2. The van der Waals surface area contributed by atoms with Gasteiger partial charge in [-0.15, -0.1) is 0 Å². The second-order valence-corrected chi connectivity index (χ2v) is 6.14. The van der Waals surface area contributed by atoms with E-state index in [1.807, 2.05) is 35.0 Å². The number of carbonyl (C=O) groups is 1. The van der Waals surface area contributed by atoms with Crippen LogP contribution in [0.1, 0.15) is 11.3 Å². The zero-order valence-electron chi connectivity index (χ0n) is 13.7. The van der Waals surface area contributed by atoms with Crippen molar-refractivity contribution in [2.45, 2.75) is 13.0 Å². The van der Waals surface area contributed by atoms with E-state index in [0.717, 1.165) is 11.3 Å². The average molecular weight is 361 g/mol. The molecule has 5 nitrogen and oxygen atoms in total. The third-order valence-corrected chi connectivity index (χ3v) is 4.23. The van der Waals surface area contributed by atoms with E-state index in [2.05, 4.69) is 10.3 Å². The van der Waals surface area contributed by atoms with Crippen LogP contribution in [0.25, 0.3) is 5.65 Å². The first-order valence-corrected chi connectivity index (χ1v) is 8.27. The molecule has 2 amide bonds. The summed E-state index contributed by atoms with van der Waals surface area (Å²) in [7, 11) is 1.60. The highest BCUT2D eigenvalue weighted by molar-refractivity contribution is 6.31. The Morgan fingerprint density at radius 3 is 2.92 bits per heavy atom. The summed E-state index contributed by atoms with van der Waals surface area (Å²) in [6, 6.07) is 9.97. The number of carbonyl (C=O) groups excluding carboxylic acids is 1. The van der Waals surface area contributed by atoms with E-state index < -0.39 is 5.82 Å². The molecule has 3 rings (SSSR count). The van der Waals surface area contributed by atoms with Crippen LogP contribution in [0.4, 0.5) is 9.18 Å². The van der Waals surface area contributed by atoms with E-state index in [1.54, 1.807) is 13.1 Å². The van der Waals surface area contributed by atoms with E-state index in [1.165, 1.54) is 17.0 Å². The van der Waals surface area contributed by atoms with E-state index in [9.17, 15) is 9.18 Å². The number of nitrogens with one attached hydrogen (secondary N) is 1. The monoisotopic (exact) mass is 360 g/mol. The Morgan fingerprint density at radius 1 is 1.32 bits per heavy atom. The van der Waals surface area contributed by atoms with Gasteiger partial charge in [0.05, 0.1) is 12.2 Å². The van der Waals surface area contributed by atoms with Gasteiger partial charge in [-0.2, -0.15) is 0 Å². The summed E-state index contributed by atoms with van der Waals surface area (Å²) in [6.07, 6.45) is 4.47. The number of imidazole rings is 1. The third kappa shape index (κ3) is 4.09. The van der Waals surface area contributed by atoms with Crippen LogP contribution in [0.3, 0.4) is 0 Å². The lowest BCUT2D eigenvalue weighted by Gasteiger charge is -2.19. The Kier molecular flexibility index (Phi) is 5.19. The highest BCUT2D eigenvalue weighted by Gasteiger charge is 2.14. The number of halogens is 2. The van der Waals surface area contributed by atoms with Crippen molar-refractivity contribution in [3.05, 3.63) is 70.9 Å². The summed E-state index contributed by atoms with van der Waals surface area (Å²) in [5, 5.41) is 3.12. The number of hydrogen-bond donors (Lipinski definition) is 1. The molecule has 0 radical (unpaired) electrons. The highest BCUT2D eigenvalue weighted by Crippen LogP contribution is 2.20. The fraction of sp³-hybridized carbons (Fsp3) is 0.222. The quantitative estimate of drug-likeness (QED) is 0.757. The molecule has 1 N–H and O–H groups in total. The van der Waals surface area contributed by atoms with Crippen LogP contribution in [-0.2, 0) is 13.0 Å². The summed E-state index contributed by atoms with van der Waals surface area (Å²) < 4.78 is 15.7. The first kappa shape index (κ1) is 17.2. The summed E-state index contributed by atoms with van der Waals surface area (Å²) in [6.45, 7) is 0.545. The maximum atomic E-state index is 13.8. The molecule has 0 aliphatic rings. The van der Waals surface area contributed by atoms with Gasteiger partial charge in [-0.25, -0.2) is 14.2 Å². The van der Waals surface area contributed by atoms with Gasteiger partial charge in [0.15, 0.2) is 0 Å². The Bertz CT molecular complexity index is 842. The van der Waals surface area contributed by atoms with Crippen LogP contribution in [0.15, 0.2) is 48.8 Å². The molecule has 0 fully saturated rings. The number of pyridine rings is 1. The van der Waals surface area contributed by atoms with Crippen molar-refractivity contribution in [2.24, 2.45) is 0 Å². The second-order valence-electron chi connectivity index (χ2n) is 5.74. The van der Waals surface area contributed by atoms with Gasteiger partial charge >= 0.3 is 6.03 Å². The lowest BCUT2D eigenvalue weighted by Crippen LogP contribution is -2.38. The first-order valence-electron chi connectivity index (χ1n) is 7.89. The predicted octanol–water partition coefficient (Wildman–Crippen LogP) is 3.51. The Balaban J connectivity index is 1.53.